The van der Waals surface area contributed by atoms with E-state index in [1.165, 1.54) is 0 Å². The summed E-state index contributed by atoms with van der Waals surface area (Å²) in [5.41, 5.74) is 6.70. The lowest BCUT2D eigenvalue weighted by molar-refractivity contribution is -0.0101. The van der Waals surface area contributed by atoms with E-state index in [9.17, 15) is 17.6 Å². The van der Waals surface area contributed by atoms with Gasteiger partial charge in [0.2, 0.25) is 0 Å². The van der Waals surface area contributed by atoms with Gasteiger partial charge in [0.1, 0.15) is 0 Å². The van der Waals surface area contributed by atoms with Crippen molar-refractivity contribution >= 4 is 0 Å². The summed E-state index contributed by atoms with van der Waals surface area (Å²) in [5.74, 6) is -3.15. The third-order valence-electron chi connectivity index (χ3n) is 1.28. The highest BCUT2D eigenvalue weighted by Crippen LogP contribution is 2.26. The molecule has 0 aliphatic heterocycles. The standard InChI is InChI=1S/C7H3F4N/c8-5-3-1-2-4(6(5)9)7(10,11)12/h1-3H. The molecular weight excluding hydrogens is 174 g/mol. The summed E-state index contributed by atoms with van der Waals surface area (Å²) in [6, 6.07) is -2.16. The van der Waals surface area contributed by atoms with E-state index in [4.69, 9.17) is 5.73 Å². The molecule has 1 aromatic carbocycles. The molecule has 5 heteroatoms. The molecule has 2 radical (unpaired) electrons. The lowest BCUT2D eigenvalue weighted by Crippen LogP contribution is -2.16. The molecule has 64 valence electrons. The minimum absolute atomic E-state index is 0.610. The molecule has 0 spiro atoms. The Labute approximate surface area is 65.8 Å². The fourth-order valence-electron chi connectivity index (χ4n) is 0.736. The molecule has 0 unspecified atom stereocenters. The highest BCUT2D eigenvalue weighted by atomic mass is 19.3. The van der Waals surface area contributed by atoms with Crippen LogP contribution in [-0.2, 0) is 6.05 Å². The topological polar surface area (TPSA) is 22.3 Å². The first-order valence-electron chi connectivity index (χ1n) is 2.97. The Morgan fingerprint density at radius 2 is 1.75 bits per heavy atom. The first kappa shape index (κ1) is 8.99. The van der Waals surface area contributed by atoms with Crippen LogP contribution in [-0.4, -0.2) is 0 Å². The average Bonchev–Trinajstić information content (AvgIpc) is 1.92. The van der Waals surface area contributed by atoms with Crippen molar-refractivity contribution in [1.82, 2.24) is 5.73 Å². The molecule has 0 amide bonds. The van der Waals surface area contributed by atoms with Gasteiger partial charge in [-0.05, 0) is 12.1 Å². The summed E-state index contributed by atoms with van der Waals surface area (Å²) >= 11 is 0. The van der Waals surface area contributed by atoms with Crippen molar-refractivity contribution in [2.45, 2.75) is 6.05 Å². The molecule has 0 N–H and O–H groups in total. The maximum atomic E-state index is 12.5. The summed E-state index contributed by atoms with van der Waals surface area (Å²) in [7, 11) is 0. The van der Waals surface area contributed by atoms with E-state index in [-0.39, 0.29) is 0 Å². The maximum Gasteiger partial charge on any atom is 0.362 e. The average molecular weight is 177 g/mol. The first-order valence-corrected chi connectivity index (χ1v) is 2.97. The van der Waals surface area contributed by atoms with Crippen molar-refractivity contribution in [2.75, 3.05) is 0 Å². The van der Waals surface area contributed by atoms with Crippen molar-refractivity contribution in [3.05, 3.63) is 35.4 Å². The molecule has 0 saturated heterocycles. The number of nitrogens with zero attached hydrogens (tertiary/aromatic N) is 1. The third-order valence-corrected chi connectivity index (χ3v) is 1.28. The highest BCUT2D eigenvalue weighted by Gasteiger charge is 2.32. The summed E-state index contributed by atoms with van der Waals surface area (Å²) in [4.78, 5) is 0. The van der Waals surface area contributed by atoms with E-state index in [0.29, 0.717) is 12.1 Å². The second-order valence-electron chi connectivity index (χ2n) is 2.14. The Morgan fingerprint density at radius 3 is 2.17 bits per heavy atom. The fraction of sp³-hybridized carbons (Fsp3) is 0.143. The molecule has 0 aliphatic carbocycles. The van der Waals surface area contributed by atoms with Gasteiger partial charge in [-0.3, -0.25) is 0 Å². The second-order valence-corrected chi connectivity index (χ2v) is 2.14. The second kappa shape index (κ2) is 2.75. The zero-order valence-electron chi connectivity index (χ0n) is 5.69. The SMILES string of the molecule is [N]C(F)(F)c1cccc(F)c1F. The monoisotopic (exact) mass is 177 g/mol. The Balaban J connectivity index is 3.26. The van der Waals surface area contributed by atoms with Gasteiger partial charge >= 0.3 is 6.05 Å². The van der Waals surface area contributed by atoms with E-state index >= 15 is 0 Å². The van der Waals surface area contributed by atoms with Crippen LogP contribution in [0.1, 0.15) is 5.56 Å². The molecule has 0 bridgehead atoms. The van der Waals surface area contributed by atoms with E-state index < -0.39 is 23.2 Å². The van der Waals surface area contributed by atoms with Crippen molar-refractivity contribution in [2.24, 2.45) is 0 Å². The summed E-state index contributed by atoms with van der Waals surface area (Å²) < 4.78 is 48.9. The zero-order chi connectivity index (χ0) is 9.35. The van der Waals surface area contributed by atoms with Crippen molar-refractivity contribution in [1.29, 1.82) is 0 Å². The van der Waals surface area contributed by atoms with Crippen LogP contribution in [0.15, 0.2) is 18.2 Å². The lowest BCUT2D eigenvalue weighted by atomic mass is 10.2. The molecule has 1 aromatic rings. The van der Waals surface area contributed by atoms with E-state index in [0.717, 1.165) is 6.07 Å². The van der Waals surface area contributed by atoms with Crippen molar-refractivity contribution in [3.8, 4) is 0 Å². The number of halogens is 4. The number of rotatable bonds is 1. The van der Waals surface area contributed by atoms with E-state index in [1.54, 1.807) is 0 Å². The van der Waals surface area contributed by atoms with Gasteiger partial charge in [0.25, 0.3) is 0 Å². The molecule has 12 heavy (non-hydrogen) atoms. The first-order chi connectivity index (χ1) is 5.43. The van der Waals surface area contributed by atoms with Gasteiger partial charge in [0.15, 0.2) is 11.6 Å². The Hall–Kier alpha value is -1.10. The summed E-state index contributed by atoms with van der Waals surface area (Å²) in [6.07, 6.45) is 0. The summed E-state index contributed by atoms with van der Waals surface area (Å²) in [6.45, 7) is 0. The Morgan fingerprint density at radius 1 is 1.17 bits per heavy atom. The Kier molecular flexibility index (Phi) is 2.06. The number of benzene rings is 1. The van der Waals surface area contributed by atoms with Crippen LogP contribution in [0.4, 0.5) is 17.6 Å². The van der Waals surface area contributed by atoms with Gasteiger partial charge in [-0.15, -0.1) is 0 Å². The minimum atomic E-state index is -4.34. The van der Waals surface area contributed by atoms with Crippen molar-refractivity contribution < 1.29 is 17.6 Å². The van der Waals surface area contributed by atoms with Crippen molar-refractivity contribution in [3.63, 3.8) is 0 Å². The lowest BCUT2D eigenvalue weighted by Gasteiger charge is -2.08. The predicted molar refractivity (Wildman–Crippen MR) is 32.4 cm³/mol. The van der Waals surface area contributed by atoms with Gasteiger partial charge in [-0.2, -0.15) is 8.78 Å². The van der Waals surface area contributed by atoms with Crippen LogP contribution >= 0.6 is 0 Å². The predicted octanol–water partition coefficient (Wildman–Crippen LogP) is 2.08. The zero-order valence-corrected chi connectivity index (χ0v) is 5.69. The molecule has 0 heterocycles. The number of alkyl halides is 2. The molecule has 0 atom stereocenters. The number of hydrogen-bond donors (Lipinski definition) is 0. The van der Waals surface area contributed by atoms with E-state index in [1.807, 2.05) is 0 Å². The van der Waals surface area contributed by atoms with E-state index in [2.05, 4.69) is 0 Å². The van der Waals surface area contributed by atoms with Crippen LogP contribution < -0.4 is 5.73 Å². The molecule has 0 saturated carbocycles. The minimum Gasteiger partial charge on any atom is -0.204 e. The third kappa shape index (κ3) is 1.55. The van der Waals surface area contributed by atoms with Gasteiger partial charge in [-0.1, -0.05) is 11.8 Å². The van der Waals surface area contributed by atoms with Gasteiger partial charge < -0.3 is 0 Å². The molecule has 0 aliphatic rings. The smallest absolute Gasteiger partial charge is 0.204 e. The van der Waals surface area contributed by atoms with Gasteiger partial charge in [-0.25, -0.2) is 8.78 Å². The Bertz CT molecular complexity index is 292. The highest BCUT2D eigenvalue weighted by molar-refractivity contribution is 5.22. The number of hydrogen-bond acceptors (Lipinski definition) is 0. The normalized spacial score (nSPS) is 11.8. The molecule has 1 nitrogen and oxygen atoms in total. The molecular formula is C7H3F4N. The summed E-state index contributed by atoms with van der Waals surface area (Å²) in [5, 5.41) is 0. The largest absolute Gasteiger partial charge is 0.362 e. The maximum absolute atomic E-state index is 12.5. The van der Waals surface area contributed by atoms with Crippen LogP contribution in [0.2, 0.25) is 0 Å². The molecule has 0 aromatic heterocycles. The van der Waals surface area contributed by atoms with Crippen LogP contribution in [0.25, 0.3) is 0 Å². The quantitative estimate of drug-likeness (QED) is 0.463. The van der Waals surface area contributed by atoms with Gasteiger partial charge in [0, 0.05) is 0 Å². The molecule has 1 rings (SSSR count). The fourth-order valence-corrected chi connectivity index (χ4v) is 0.736. The van der Waals surface area contributed by atoms with Gasteiger partial charge in [0.05, 0.1) is 5.56 Å². The van der Waals surface area contributed by atoms with Crippen LogP contribution in [0.5, 0.6) is 0 Å². The molecule has 0 fully saturated rings. The van der Waals surface area contributed by atoms with Crippen LogP contribution in [0, 0.1) is 11.6 Å². The van der Waals surface area contributed by atoms with Crippen LogP contribution in [0.3, 0.4) is 0 Å².